The van der Waals surface area contributed by atoms with E-state index in [-0.39, 0.29) is 17.4 Å². The standard InChI is InChI=1S/C17H32N4O5S3/c1-4-9(2)13(17(25)26)21-15(23)11(5-6-29-3)19-16(24)12(8-28)20-14(22)10(18)7-27/h9-13,27-28H,4-8,18H2,1-3H3,(H,19,24)(H,20,22)(H,21,23)(H,25,26). The molecular weight excluding hydrogens is 436 g/mol. The van der Waals surface area contributed by atoms with Gasteiger partial charge in [0.2, 0.25) is 17.7 Å². The minimum atomic E-state index is -1.14. The number of thioether (sulfide) groups is 1. The van der Waals surface area contributed by atoms with Gasteiger partial charge in [0.15, 0.2) is 0 Å². The number of nitrogens with one attached hydrogen (secondary N) is 3. The maximum Gasteiger partial charge on any atom is 0.326 e. The average molecular weight is 469 g/mol. The first-order chi connectivity index (χ1) is 13.6. The second kappa shape index (κ2) is 14.8. The molecule has 5 unspecified atom stereocenters. The molecule has 0 rings (SSSR count). The zero-order valence-corrected chi connectivity index (χ0v) is 19.5. The summed E-state index contributed by atoms with van der Waals surface area (Å²) in [7, 11) is 0. The lowest BCUT2D eigenvalue weighted by Crippen LogP contribution is -2.58. The Bertz CT molecular complexity index is 567. The minimum absolute atomic E-state index is 0.00164. The zero-order valence-electron chi connectivity index (χ0n) is 16.9. The largest absolute Gasteiger partial charge is 0.480 e. The number of hydrogen-bond donors (Lipinski definition) is 7. The van der Waals surface area contributed by atoms with Gasteiger partial charge in [0.1, 0.15) is 18.1 Å². The Kier molecular flexibility index (Phi) is 14.2. The highest BCUT2D eigenvalue weighted by atomic mass is 32.2. The monoisotopic (exact) mass is 468 g/mol. The molecule has 168 valence electrons. The fraction of sp³-hybridized carbons (Fsp3) is 0.765. The fourth-order valence-electron chi connectivity index (χ4n) is 2.27. The van der Waals surface area contributed by atoms with Crippen LogP contribution < -0.4 is 21.7 Å². The van der Waals surface area contributed by atoms with Crippen molar-refractivity contribution in [2.75, 3.05) is 23.5 Å². The molecule has 0 bridgehead atoms. The molecule has 0 radical (unpaired) electrons. The topological polar surface area (TPSA) is 151 Å². The Hall–Kier alpha value is -1.11. The summed E-state index contributed by atoms with van der Waals surface area (Å²) in [4.78, 5) is 48.6. The van der Waals surface area contributed by atoms with E-state index in [0.29, 0.717) is 18.6 Å². The van der Waals surface area contributed by atoms with Crippen LogP contribution in [0.25, 0.3) is 0 Å². The Balaban J connectivity index is 5.24. The van der Waals surface area contributed by atoms with Crippen molar-refractivity contribution in [3.63, 3.8) is 0 Å². The Morgan fingerprint density at radius 3 is 2.00 bits per heavy atom. The van der Waals surface area contributed by atoms with Gasteiger partial charge in [-0.2, -0.15) is 37.0 Å². The number of carboxylic acid groups (broad SMARTS) is 1. The summed E-state index contributed by atoms with van der Waals surface area (Å²) >= 11 is 9.50. The molecule has 9 nitrogen and oxygen atoms in total. The number of amides is 3. The molecule has 0 aromatic rings. The van der Waals surface area contributed by atoms with Crippen molar-refractivity contribution in [1.82, 2.24) is 16.0 Å². The van der Waals surface area contributed by atoms with E-state index >= 15 is 0 Å². The van der Waals surface area contributed by atoms with E-state index in [2.05, 4.69) is 41.2 Å². The van der Waals surface area contributed by atoms with Crippen LogP contribution in [-0.4, -0.2) is 76.5 Å². The lowest BCUT2D eigenvalue weighted by atomic mass is 9.98. The second-order valence-corrected chi connectivity index (χ2v) is 8.30. The van der Waals surface area contributed by atoms with Gasteiger partial charge in [0.05, 0.1) is 6.04 Å². The van der Waals surface area contributed by atoms with Crippen molar-refractivity contribution < 1.29 is 24.3 Å². The van der Waals surface area contributed by atoms with Crippen LogP contribution in [-0.2, 0) is 19.2 Å². The molecule has 0 aromatic heterocycles. The van der Waals surface area contributed by atoms with Crippen molar-refractivity contribution in [3.05, 3.63) is 0 Å². The maximum absolute atomic E-state index is 12.7. The van der Waals surface area contributed by atoms with E-state index in [1.807, 2.05) is 13.2 Å². The minimum Gasteiger partial charge on any atom is -0.480 e. The smallest absolute Gasteiger partial charge is 0.326 e. The van der Waals surface area contributed by atoms with Gasteiger partial charge < -0.3 is 26.8 Å². The van der Waals surface area contributed by atoms with Gasteiger partial charge in [0.25, 0.3) is 0 Å². The van der Waals surface area contributed by atoms with E-state index < -0.39 is 47.9 Å². The average Bonchev–Trinajstić information content (AvgIpc) is 2.70. The van der Waals surface area contributed by atoms with Crippen LogP contribution in [0, 0.1) is 5.92 Å². The van der Waals surface area contributed by atoms with Crippen molar-refractivity contribution >= 4 is 60.7 Å². The number of carbonyl (C=O) groups is 4. The Labute approximate surface area is 186 Å². The summed E-state index contributed by atoms with van der Waals surface area (Å²) in [6.07, 6.45) is 2.72. The van der Waals surface area contributed by atoms with E-state index in [4.69, 9.17) is 5.73 Å². The molecule has 5 atom stereocenters. The van der Waals surface area contributed by atoms with E-state index in [1.54, 1.807) is 6.92 Å². The number of carboxylic acids is 1. The predicted molar refractivity (Wildman–Crippen MR) is 122 cm³/mol. The van der Waals surface area contributed by atoms with Crippen LogP contribution in [0.3, 0.4) is 0 Å². The van der Waals surface area contributed by atoms with Crippen molar-refractivity contribution in [2.24, 2.45) is 11.7 Å². The van der Waals surface area contributed by atoms with Gasteiger partial charge in [-0.05, 0) is 24.3 Å². The van der Waals surface area contributed by atoms with Crippen LogP contribution in [0.2, 0.25) is 0 Å². The normalized spacial score (nSPS) is 16.1. The molecule has 29 heavy (non-hydrogen) atoms. The number of aliphatic carboxylic acids is 1. The number of hydrogen-bond acceptors (Lipinski definition) is 8. The highest BCUT2D eigenvalue weighted by molar-refractivity contribution is 7.98. The molecule has 0 saturated carbocycles. The molecule has 12 heteroatoms. The van der Waals surface area contributed by atoms with Crippen molar-refractivity contribution in [3.8, 4) is 0 Å². The number of rotatable bonds is 14. The first-order valence-electron chi connectivity index (χ1n) is 9.22. The van der Waals surface area contributed by atoms with Gasteiger partial charge in [-0.25, -0.2) is 4.79 Å². The molecule has 0 saturated heterocycles. The lowest BCUT2D eigenvalue weighted by molar-refractivity contribution is -0.143. The molecule has 0 aliphatic rings. The van der Waals surface area contributed by atoms with Gasteiger partial charge in [-0.3, -0.25) is 14.4 Å². The molecule has 6 N–H and O–H groups in total. The third-order valence-corrected chi connectivity index (χ3v) is 5.77. The summed E-state index contributed by atoms with van der Waals surface area (Å²) < 4.78 is 0. The fourth-order valence-corrected chi connectivity index (χ4v) is 3.16. The molecule has 3 amide bonds. The summed E-state index contributed by atoms with van der Waals surface area (Å²) in [6, 6.07) is -3.88. The third kappa shape index (κ3) is 9.96. The van der Waals surface area contributed by atoms with Crippen LogP contribution >= 0.6 is 37.0 Å². The van der Waals surface area contributed by atoms with Gasteiger partial charge in [0, 0.05) is 11.5 Å². The molecule has 0 fully saturated rings. The predicted octanol–water partition coefficient (Wildman–Crippen LogP) is -0.488. The van der Waals surface area contributed by atoms with Crippen LogP contribution in [0.4, 0.5) is 0 Å². The Morgan fingerprint density at radius 2 is 1.55 bits per heavy atom. The number of carbonyl (C=O) groups excluding carboxylic acids is 3. The lowest BCUT2D eigenvalue weighted by Gasteiger charge is -2.26. The SMILES string of the molecule is CCC(C)C(NC(=O)C(CCSC)NC(=O)C(CS)NC(=O)C(N)CS)C(=O)O. The Morgan fingerprint density at radius 1 is 1.00 bits per heavy atom. The van der Waals surface area contributed by atoms with Gasteiger partial charge in [-0.1, -0.05) is 20.3 Å². The maximum atomic E-state index is 12.7. The first kappa shape index (κ1) is 27.9. The molecule has 0 aromatic carbocycles. The molecule has 0 aliphatic carbocycles. The summed E-state index contributed by atoms with van der Waals surface area (Å²) in [5.41, 5.74) is 5.59. The molecule has 0 heterocycles. The van der Waals surface area contributed by atoms with Gasteiger partial charge in [-0.15, -0.1) is 0 Å². The number of thiol groups is 2. The van der Waals surface area contributed by atoms with Crippen molar-refractivity contribution in [2.45, 2.75) is 50.9 Å². The van der Waals surface area contributed by atoms with Crippen LogP contribution in [0.5, 0.6) is 0 Å². The van der Waals surface area contributed by atoms with Crippen molar-refractivity contribution in [1.29, 1.82) is 0 Å². The quantitative estimate of drug-likeness (QED) is 0.170. The molecular formula is C17H32N4O5S3. The third-order valence-electron chi connectivity index (χ3n) is 4.37. The molecule has 0 spiro atoms. The molecule has 0 aliphatic heterocycles. The highest BCUT2D eigenvalue weighted by Gasteiger charge is 2.31. The summed E-state index contributed by atoms with van der Waals surface area (Å²) in [6.45, 7) is 3.56. The number of nitrogens with two attached hydrogens (primary N) is 1. The summed E-state index contributed by atoms with van der Waals surface area (Å²) in [5.74, 6) is -2.48. The van der Waals surface area contributed by atoms with E-state index in [1.165, 1.54) is 11.8 Å². The zero-order chi connectivity index (χ0) is 22.6. The highest BCUT2D eigenvalue weighted by Crippen LogP contribution is 2.10. The summed E-state index contributed by atoms with van der Waals surface area (Å²) in [5, 5.41) is 16.9. The first-order valence-corrected chi connectivity index (χ1v) is 11.9. The second-order valence-electron chi connectivity index (χ2n) is 6.59. The van der Waals surface area contributed by atoms with Crippen LogP contribution in [0.1, 0.15) is 26.7 Å². The van der Waals surface area contributed by atoms with E-state index in [0.717, 1.165) is 0 Å². The van der Waals surface area contributed by atoms with Crippen LogP contribution in [0.15, 0.2) is 0 Å². The van der Waals surface area contributed by atoms with Gasteiger partial charge >= 0.3 is 5.97 Å². The van der Waals surface area contributed by atoms with E-state index in [9.17, 15) is 24.3 Å².